The summed E-state index contributed by atoms with van der Waals surface area (Å²) in [7, 11) is 0. The zero-order valence-corrected chi connectivity index (χ0v) is 9.48. The average molecular weight is 225 g/mol. The number of rotatable bonds is 5. The molecule has 1 atom stereocenters. The van der Waals surface area contributed by atoms with Gasteiger partial charge in [-0.3, -0.25) is 0 Å². The summed E-state index contributed by atoms with van der Waals surface area (Å²) in [6, 6.07) is 0.599. The molecule has 0 bridgehead atoms. The summed E-state index contributed by atoms with van der Waals surface area (Å²) < 4.78 is 5.11. The van der Waals surface area contributed by atoms with Gasteiger partial charge >= 0.3 is 0 Å². The Hall–Kier alpha value is -0.940. The summed E-state index contributed by atoms with van der Waals surface area (Å²) in [5, 5.41) is 16.0. The van der Waals surface area contributed by atoms with Crippen molar-refractivity contribution in [1.29, 1.82) is 0 Å². The number of hydrogen-bond donors (Lipinski definition) is 2. The highest BCUT2D eigenvalue weighted by atomic mass is 16.5. The first kappa shape index (κ1) is 11.5. The van der Waals surface area contributed by atoms with Gasteiger partial charge in [-0.05, 0) is 25.8 Å². The molecule has 0 amide bonds. The minimum Gasteiger partial charge on any atom is -0.396 e. The topological polar surface area (TPSA) is 71.2 Å². The summed E-state index contributed by atoms with van der Waals surface area (Å²) in [4.78, 5) is 4.22. The van der Waals surface area contributed by atoms with Crippen molar-refractivity contribution in [2.75, 3.05) is 13.2 Å². The van der Waals surface area contributed by atoms with Crippen LogP contribution < -0.4 is 5.32 Å². The molecule has 0 spiro atoms. The normalized spacial score (nSPS) is 21.2. The van der Waals surface area contributed by atoms with E-state index in [9.17, 15) is 0 Å². The van der Waals surface area contributed by atoms with E-state index in [0.717, 1.165) is 19.4 Å². The van der Waals surface area contributed by atoms with Crippen molar-refractivity contribution in [3.8, 4) is 0 Å². The van der Waals surface area contributed by atoms with Crippen molar-refractivity contribution in [3.05, 3.63) is 11.7 Å². The van der Waals surface area contributed by atoms with Crippen LogP contribution in [0.5, 0.6) is 0 Å². The van der Waals surface area contributed by atoms with Crippen molar-refractivity contribution >= 4 is 0 Å². The van der Waals surface area contributed by atoms with E-state index in [4.69, 9.17) is 9.63 Å². The molecule has 1 fully saturated rings. The second-order valence-corrected chi connectivity index (χ2v) is 4.26. The fourth-order valence-corrected chi connectivity index (χ4v) is 2.06. The van der Waals surface area contributed by atoms with Crippen molar-refractivity contribution in [1.82, 2.24) is 15.5 Å². The zero-order chi connectivity index (χ0) is 11.2. The molecule has 1 saturated heterocycles. The lowest BCUT2D eigenvalue weighted by Crippen LogP contribution is -2.34. The van der Waals surface area contributed by atoms with Crippen LogP contribution in [0.2, 0.25) is 0 Å². The van der Waals surface area contributed by atoms with Gasteiger partial charge in [0.05, 0.1) is 6.61 Å². The number of aryl methyl sites for hydroxylation is 1. The van der Waals surface area contributed by atoms with Crippen molar-refractivity contribution in [2.45, 2.75) is 44.6 Å². The largest absolute Gasteiger partial charge is 0.396 e. The monoisotopic (exact) mass is 225 g/mol. The van der Waals surface area contributed by atoms with Gasteiger partial charge in [-0.15, -0.1) is 0 Å². The molecule has 0 aromatic carbocycles. The zero-order valence-electron chi connectivity index (χ0n) is 9.48. The van der Waals surface area contributed by atoms with E-state index in [0.29, 0.717) is 24.2 Å². The number of piperidine rings is 1. The molecule has 0 radical (unpaired) electrons. The van der Waals surface area contributed by atoms with Crippen LogP contribution in [-0.2, 0) is 12.8 Å². The summed E-state index contributed by atoms with van der Waals surface area (Å²) in [5.41, 5.74) is 0. The second kappa shape index (κ2) is 5.96. The third kappa shape index (κ3) is 3.28. The van der Waals surface area contributed by atoms with Crippen LogP contribution in [0.25, 0.3) is 0 Å². The number of hydrogen-bond acceptors (Lipinski definition) is 5. The van der Waals surface area contributed by atoms with Gasteiger partial charge in [0.15, 0.2) is 5.82 Å². The number of aliphatic hydroxyl groups is 1. The Kier molecular flexibility index (Phi) is 4.30. The molecule has 1 aromatic heterocycles. The van der Waals surface area contributed by atoms with Gasteiger partial charge in [-0.1, -0.05) is 11.6 Å². The molecule has 2 heterocycles. The molecule has 1 aliphatic heterocycles. The van der Waals surface area contributed by atoms with Crippen LogP contribution in [0.15, 0.2) is 4.52 Å². The minimum absolute atomic E-state index is 0.0726. The molecule has 16 heavy (non-hydrogen) atoms. The SMILES string of the molecule is OCCc1noc(CCC2CCCCN2)n1. The lowest BCUT2D eigenvalue weighted by molar-refractivity contribution is 0.292. The van der Waals surface area contributed by atoms with Crippen LogP contribution in [0.1, 0.15) is 37.4 Å². The molecule has 1 aliphatic rings. The molecule has 90 valence electrons. The maximum Gasteiger partial charge on any atom is 0.226 e. The van der Waals surface area contributed by atoms with Crippen molar-refractivity contribution in [3.63, 3.8) is 0 Å². The van der Waals surface area contributed by atoms with Crippen LogP contribution in [-0.4, -0.2) is 34.4 Å². The van der Waals surface area contributed by atoms with Crippen molar-refractivity contribution < 1.29 is 9.63 Å². The summed E-state index contributed by atoms with van der Waals surface area (Å²) in [5.74, 6) is 1.30. The predicted octanol–water partition coefficient (Wildman–Crippen LogP) is 0.679. The first-order chi connectivity index (χ1) is 7.88. The van der Waals surface area contributed by atoms with E-state index < -0.39 is 0 Å². The molecule has 0 aliphatic carbocycles. The van der Waals surface area contributed by atoms with Crippen molar-refractivity contribution in [2.24, 2.45) is 0 Å². The van der Waals surface area contributed by atoms with Gasteiger partial charge in [0.25, 0.3) is 0 Å². The highest BCUT2D eigenvalue weighted by Gasteiger charge is 2.14. The van der Waals surface area contributed by atoms with Crippen LogP contribution in [0.4, 0.5) is 0 Å². The van der Waals surface area contributed by atoms with E-state index in [1.807, 2.05) is 0 Å². The molecule has 5 heteroatoms. The Morgan fingerprint density at radius 3 is 3.06 bits per heavy atom. The second-order valence-electron chi connectivity index (χ2n) is 4.26. The predicted molar refractivity (Wildman–Crippen MR) is 59.1 cm³/mol. The summed E-state index contributed by atoms with van der Waals surface area (Å²) >= 11 is 0. The van der Waals surface area contributed by atoms with Crippen LogP contribution in [0.3, 0.4) is 0 Å². The molecular formula is C11H19N3O2. The van der Waals surface area contributed by atoms with Gasteiger partial charge in [0, 0.05) is 18.9 Å². The quantitative estimate of drug-likeness (QED) is 0.771. The average Bonchev–Trinajstić information content (AvgIpc) is 2.76. The van der Waals surface area contributed by atoms with E-state index in [1.54, 1.807) is 0 Å². The molecule has 1 unspecified atom stereocenters. The number of aromatic nitrogens is 2. The molecule has 2 rings (SSSR count). The standard InChI is InChI=1S/C11H19N3O2/c15-8-6-10-13-11(16-14-10)5-4-9-3-1-2-7-12-9/h9,12,15H,1-8H2. The Bertz CT molecular complexity index is 308. The van der Waals surface area contributed by atoms with Gasteiger partial charge in [-0.25, -0.2) is 0 Å². The Morgan fingerprint density at radius 1 is 1.38 bits per heavy atom. The van der Waals surface area contributed by atoms with Crippen LogP contribution in [0, 0.1) is 0 Å². The molecule has 1 aromatic rings. The van der Waals surface area contributed by atoms with E-state index in [2.05, 4.69) is 15.5 Å². The lowest BCUT2D eigenvalue weighted by atomic mass is 10.0. The Morgan fingerprint density at radius 2 is 2.31 bits per heavy atom. The minimum atomic E-state index is 0.0726. The fourth-order valence-electron chi connectivity index (χ4n) is 2.06. The summed E-state index contributed by atoms with van der Waals surface area (Å²) in [6.45, 7) is 1.20. The van der Waals surface area contributed by atoms with Gasteiger partial charge < -0.3 is 14.9 Å². The maximum absolute atomic E-state index is 8.73. The van der Waals surface area contributed by atoms with E-state index in [-0.39, 0.29) is 6.61 Å². The third-order valence-corrected chi connectivity index (χ3v) is 2.96. The third-order valence-electron chi connectivity index (χ3n) is 2.96. The summed E-state index contributed by atoms with van der Waals surface area (Å²) in [6.07, 6.45) is 6.22. The maximum atomic E-state index is 8.73. The Balaban J connectivity index is 1.75. The van der Waals surface area contributed by atoms with E-state index in [1.165, 1.54) is 19.3 Å². The molecule has 0 saturated carbocycles. The molecule has 5 nitrogen and oxygen atoms in total. The van der Waals surface area contributed by atoms with E-state index >= 15 is 0 Å². The van der Waals surface area contributed by atoms with Crippen LogP contribution >= 0.6 is 0 Å². The van der Waals surface area contributed by atoms with Gasteiger partial charge in [-0.2, -0.15) is 4.98 Å². The molecular weight excluding hydrogens is 206 g/mol. The highest BCUT2D eigenvalue weighted by molar-refractivity contribution is 4.88. The number of aliphatic hydroxyl groups excluding tert-OH is 1. The number of nitrogens with zero attached hydrogens (tertiary/aromatic N) is 2. The fraction of sp³-hybridized carbons (Fsp3) is 0.818. The first-order valence-electron chi connectivity index (χ1n) is 6.04. The number of nitrogens with one attached hydrogen (secondary N) is 1. The smallest absolute Gasteiger partial charge is 0.226 e. The van der Waals surface area contributed by atoms with Gasteiger partial charge in [0.2, 0.25) is 5.89 Å². The first-order valence-corrected chi connectivity index (χ1v) is 6.04. The molecule has 2 N–H and O–H groups in total. The highest BCUT2D eigenvalue weighted by Crippen LogP contribution is 2.12. The Labute approximate surface area is 95.2 Å². The van der Waals surface area contributed by atoms with Gasteiger partial charge in [0.1, 0.15) is 0 Å². The lowest BCUT2D eigenvalue weighted by Gasteiger charge is -2.22.